The zero-order valence-corrected chi connectivity index (χ0v) is 9.94. The summed E-state index contributed by atoms with van der Waals surface area (Å²) >= 11 is 6.36. The van der Waals surface area contributed by atoms with E-state index in [0.717, 1.165) is 0 Å². The highest BCUT2D eigenvalue weighted by atomic mass is 79.9. The largest absolute Gasteiger partial charge is 0.507 e. The number of halogens is 2. The predicted octanol–water partition coefficient (Wildman–Crippen LogP) is 2.88. The minimum absolute atomic E-state index is 0.126. The molecule has 0 fully saturated rings. The molecule has 2 N–H and O–H groups in total. The minimum Gasteiger partial charge on any atom is -0.507 e. The van der Waals surface area contributed by atoms with Gasteiger partial charge in [-0.05, 0) is 44.0 Å². The summed E-state index contributed by atoms with van der Waals surface area (Å²) in [4.78, 5) is 10.8. The van der Waals surface area contributed by atoms with Crippen molar-refractivity contribution in [1.29, 1.82) is 0 Å². The SMILES string of the molecule is CC(=O)Nc1cc(Br)c(O)cc1Br. The minimum atomic E-state index is -0.154. The van der Waals surface area contributed by atoms with Crippen molar-refractivity contribution in [2.45, 2.75) is 6.92 Å². The second-order valence-corrected chi connectivity index (χ2v) is 4.17. The molecule has 3 nitrogen and oxygen atoms in total. The summed E-state index contributed by atoms with van der Waals surface area (Å²) in [7, 11) is 0. The van der Waals surface area contributed by atoms with Crippen molar-refractivity contribution in [3.63, 3.8) is 0 Å². The second kappa shape index (κ2) is 4.11. The van der Waals surface area contributed by atoms with Crippen molar-refractivity contribution < 1.29 is 9.90 Å². The molecule has 13 heavy (non-hydrogen) atoms. The summed E-state index contributed by atoms with van der Waals surface area (Å²) in [6.45, 7) is 1.42. The Morgan fingerprint density at radius 1 is 1.38 bits per heavy atom. The maximum atomic E-state index is 10.8. The quantitative estimate of drug-likeness (QED) is 0.784. The van der Waals surface area contributed by atoms with E-state index in [9.17, 15) is 9.90 Å². The van der Waals surface area contributed by atoms with E-state index < -0.39 is 0 Å². The van der Waals surface area contributed by atoms with Gasteiger partial charge < -0.3 is 10.4 Å². The van der Waals surface area contributed by atoms with Crippen LogP contribution in [0.15, 0.2) is 21.1 Å². The molecular formula is C8H7Br2NO2. The van der Waals surface area contributed by atoms with E-state index in [1.807, 2.05) is 0 Å². The van der Waals surface area contributed by atoms with Gasteiger partial charge in [0, 0.05) is 11.4 Å². The standard InChI is InChI=1S/C8H7Br2NO2/c1-4(12)11-7-2-6(10)8(13)3-5(7)9/h2-3,13H,1H3,(H,11,12). The van der Waals surface area contributed by atoms with E-state index in [0.29, 0.717) is 14.6 Å². The summed E-state index contributed by atoms with van der Waals surface area (Å²) in [5.41, 5.74) is 0.622. The first-order chi connectivity index (χ1) is 6.00. The lowest BCUT2D eigenvalue weighted by molar-refractivity contribution is -0.114. The van der Waals surface area contributed by atoms with Gasteiger partial charge in [-0.2, -0.15) is 0 Å². The van der Waals surface area contributed by atoms with Crippen LogP contribution in [0.1, 0.15) is 6.92 Å². The van der Waals surface area contributed by atoms with E-state index in [1.165, 1.54) is 13.0 Å². The highest BCUT2D eigenvalue weighted by Gasteiger charge is 2.06. The molecule has 0 aliphatic heterocycles. The van der Waals surface area contributed by atoms with Gasteiger partial charge in [0.2, 0.25) is 5.91 Å². The highest BCUT2D eigenvalue weighted by molar-refractivity contribution is 9.11. The lowest BCUT2D eigenvalue weighted by atomic mass is 10.3. The van der Waals surface area contributed by atoms with Gasteiger partial charge in [-0.3, -0.25) is 4.79 Å². The van der Waals surface area contributed by atoms with E-state index >= 15 is 0 Å². The number of phenols is 1. The molecule has 1 aromatic carbocycles. The van der Waals surface area contributed by atoms with Crippen LogP contribution in [0.3, 0.4) is 0 Å². The van der Waals surface area contributed by atoms with Crippen LogP contribution in [0.25, 0.3) is 0 Å². The van der Waals surface area contributed by atoms with Crippen LogP contribution >= 0.6 is 31.9 Å². The molecule has 70 valence electrons. The topological polar surface area (TPSA) is 49.3 Å². The predicted molar refractivity (Wildman–Crippen MR) is 57.8 cm³/mol. The Kier molecular flexibility index (Phi) is 3.33. The fourth-order valence-corrected chi connectivity index (χ4v) is 1.60. The molecule has 0 saturated carbocycles. The van der Waals surface area contributed by atoms with Crippen LogP contribution in [0, 0.1) is 0 Å². The van der Waals surface area contributed by atoms with Gasteiger partial charge in [0.05, 0.1) is 10.2 Å². The van der Waals surface area contributed by atoms with E-state index in [1.54, 1.807) is 6.07 Å². The number of aromatic hydroxyl groups is 1. The smallest absolute Gasteiger partial charge is 0.221 e. The third-order valence-corrected chi connectivity index (χ3v) is 2.64. The Morgan fingerprint density at radius 2 is 2.00 bits per heavy atom. The molecule has 0 atom stereocenters. The van der Waals surface area contributed by atoms with Crippen molar-refractivity contribution in [3.8, 4) is 5.75 Å². The zero-order chi connectivity index (χ0) is 10.0. The number of hydrogen-bond donors (Lipinski definition) is 2. The lowest BCUT2D eigenvalue weighted by Crippen LogP contribution is -2.06. The number of rotatable bonds is 1. The summed E-state index contributed by atoms with van der Waals surface area (Å²) in [5, 5.41) is 11.9. The molecule has 0 unspecified atom stereocenters. The van der Waals surface area contributed by atoms with Gasteiger partial charge in [-0.15, -0.1) is 0 Å². The van der Waals surface area contributed by atoms with Crippen molar-refractivity contribution in [3.05, 3.63) is 21.1 Å². The number of benzene rings is 1. The Hall–Kier alpha value is -0.550. The molecule has 1 amide bonds. The Bertz CT molecular complexity index is 352. The molecule has 1 aromatic rings. The van der Waals surface area contributed by atoms with Crippen molar-refractivity contribution in [2.75, 3.05) is 5.32 Å². The molecule has 1 rings (SSSR count). The molecule has 0 aromatic heterocycles. The van der Waals surface area contributed by atoms with E-state index in [4.69, 9.17) is 0 Å². The highest BCUT2D eigenvalue weighted by Crippen LogP contribution is 2.33. The van der Waals surface area contributed by atoms with Crippen LogP contribution in [-0.2, 0) is 4.79 Å². The molecule has 0 bridgehead atoms. The van der Waals surface area contributed by atoms with E-state index in [2.05, 4.69) is 37.2 Å². The summed E-state index contributed by atoms with van der Waals surface area (Å²) < 4.78 is 1.18. The summed E-state index contributed by atoms with van der Waals surface area (Å²) in [6.07, 6.45) is 0. The normalized spacial score (nSPS) is 9.77. The Labute approximate surface area is 92.4 Å². The van der Waals surface area contributed by atoms with Gasteiger partial charge >= 0.3 is 0 Å². The van der Waals surface area contributed by atoms with Crippen LogP contribution in [0.2, 0.25) is 0 Å². The Balaban J connectivity index is 3.08. The summed E-state index contributed by atoms with van der Waals surface area (Å²) in [5.74, 6) is -0.0285. The number of anilines is 1. The van der Waals surface area contributed by atoms with Crippen molar-refractivity contribution in [2.24, 2.45) is 0 Å². The first kappa shape index (κ1) is 10.5. The zero-order valence-electron chi connectivity index (χ0n) is 6.77. The van der Waals surface area contributed by atoms with Crippen LogP contribution in [-0.4, -0.2) is 11.0 Å². The number of carbonyl (C=O) groups is 1. The fourth-order valence-electron chi connectivity index (χ4n) is 0.822. The monoisotopic (exact) mass is 307 g/mol. The maximum absolute atomic E-state index is 10.8. The Morgan fingerprint density at radius 3 is 2.54 bits per heavy atom. The molecule has 5 heteroatoms. The molecule has 0 spiro atoms. The van der Waals surface area contributed by atoms with Crippen molar-refractivity contribution >= 4 is 43.5 Å². The first-order valence-corrected chi connectivity index (χ1v) is 5.05. The lowest BCUT2D eigenvalue weighted by Gasteiger charge is -2.06. The summed E-state index contributed by atoms with van der Waals surface area (Å²) in [6, 6.07) is 3.14. The van der Waals surface area contributed by atoms with Gasteiger partial charge in [0.25, 0.3) is 0 Å². The average Bonchev–Trinajstić information content (AvgIpc) is 1.99. The third kappa shape index (κ3) is 2.70. The van der Waals surface area contributed by atoms with Crippen LogP contribution in [0.4, 0.5) is 5.69 Å². The number of carbonyl (C=O) groups excluding carboxylic acids is 1. The fraction of sp³-hybridized carbons (Fsp3) is 0.125. The molecule has 0 aliphatic carbocycles. The number of nitrogens with one attached hydrogen (secondary N) is 1. The van der Waals surface area contributed by atoms with Gasteiger partial charge in [0.15, 0.2) is 0 Å². The van der Waals surface area contributed by atoms with Crippen molar-refractivity contribution in [1.82, 2.24) is 0 Å². The molecule has 0 saturated heterocycles. The number of amides is 1. The average molecular weight is 309 g/mol. The molecule has 0 radical (unpaired) electrons. The van der Waals surface area contributed by atoms with Crippen LogP contribution in [0.5, 0.6) is 5.75 Å². The third-order valence-electron chi connectivity index (χ3n) is 1.35. The molecule has 0 aliphatic rings. The number of phenolic OH excluding ortho intramolecular Hbond substituents is 1. The van der Waals surface area contributed by atoms with Gasteiger partial charge in [-0.1, -0.05) is 0 Å². The van der Waals surface area contributed by atoms with E-state index in [-0.39, 0.29) is 11.7 Å². The number of hydrogen-bond acceptors (Lipinski definition) is 2. The molecular weight excluding hydrogens is 302 g/mol. The molecule has 0 heterocycles. The van der Waals surface area contributed by atoms with Crippen LogP contribution < -0.4 is 5.32 Å². The second-order valence-electron chi connectivity index (χ2n) is 2.46. The van der Waals surface area contributed by atoms with Gasteiger partial charge in [-0.25, -0.2) is 0 Å². The van der Waals surface area contributed by atoms with Gasteiger partial charge in [0.1, 0.15) is 5.75 Å². The maximum Gasteiger partial charge on any atom is 0.221 e. The first-order valence-electron chi connectivity index (χ1n) is 3.46.